The number of benzene rings is 2. The molecule has 0 saturated carbocycles. The van der Waals surface area contributed by atoms with Crippen molar-refractivity contribution >= 4 is 15.7 Å². The molecule has 0 unspecified atom stereocenters. The Morgan fingerprint density at radius 1 is 1.04 bits per heavy atom. The molecule has 2 N–H and O–H groups in total. The quantitative estimate of drug-likeness (QED) is 0.685. The molecule has 126 valence electrons. The molecule has 0 atom stereocenters. The molecule has 0 fully saturated rings. The molecule has 3 rings (SSSR count). The molecule has 25 heavy (non-hydrogen) atoms. The van der Waals surface area contributed by atoms with E-state index < -0.39 is 15.1 Å². The van der Waals surface area contributed by atoms with Crippen LogP contribution in [0.1, 0.15) is 16.9 Å². The van der Waals surface area contributed by atoms with Crippen molar-refractivity contribution in [3.05, 3.63) is 77.6 Å². The van der Waals surface area contributed by atoms with Crippen molar-refractivity contribution in [1.82, 2.24) is 0 Å². The van der Waals surface area contributed by atoms with E-state index in [4.69, 9.17) is 9.68 Å². The molecule has 0 amide bonds. The fourth-order valence-corrected chi connectivity index (χ4v) is 3.33. The topological polar surface area (TPSA) is 103 Å². The Morgan fingerprint density at radius 2 is 1.80 bits per heavy atom. The van der Waals surface area contributed by atoms with Gasteiger partial charge in [0.25, 0.3) is 10.0 Å². The van der Waals surface area contributed by atoms with Gasteiger partial charge in [-0.05, 0) is 41.8 Å². The SMILES string of the molecule is N#Cc1ccc(S(=O)(=O)Nc2cc(Cc3ccccc3)ccc2O)o1. The highest BCUT2D eigenvalue weighted by Crippen LogP contribution is 2.28. The number of hydrogen-bond donors (Lipinski definition) is 2. The lowest BCUT2D eigenvalue weighted by atomic mass is 10.0. The van der Waals surface area contributed by atoms with Gasteiger partial charge in [-0.15, -0.1) is 0 Å². The van der Waals surface area contributed by atoms with Gasteiger partial charge in [-0.2, -0.15) is 13.7 Å². The van der Waals surface area contributed by atoms with E-state index in [1.807, 2.05) is 30.3 Å². The number of nitrogens with one attached hydrogen (secondary N) is 1. The summed E-state index contributed by atoms with van der Waals surface area (Å²) < 4.78 is 31.9. The van der Waals surface area contributed by atoms with Crippen molar-refractivity contribution in [3.63, 3.8) is 0 Å². The maximum atomic E-state index is 12.3. The monoisotopic (exact) mass is 354 g/mol. The van der Waals surface area contributed by atoms with Crippen LogP contribution in [-0.2, 0) is 16.4 Å². The van der Waals surface area contributed by atoms with Crippen LogP contribution >= 0.6 is 0 Å². The van der Waals surface area contributed by atoms with Crippen molar-refractivity contribution in [3.8, 4) is 11.8 Å². The summed E-state index contributed by atoms with van der Waals surface area (Å²) in [7, 11) is -4.04. The number of rotatable bonds is 5. The molecule has 0 aliphatic heterocycles. The number of phenolic OH excluding ortho intramolecular Hbond substituents is 1. The van der Waals surface area contributed by atoms with Crippen LogP contribution in [0, 0.1) is 11.3 Å². The number of nitrogens with zero attached hydrogens (tertiary/aromatic N) is 1. The van der Waals surface area contributed by atoms with Gasteiger partial charge in [-0.1, -0.05) is 36.4 Å². The van der Waals surface area contributed by atoms with Gasteiger partial charge in [-0.25, -0.2) is 0 Å². The predicted molar refractivity (Wildman–Crippen MR) is 91.6 cm³/mol. The normalized spacial score (nSPS) is 11.0. The van der Waals surface area contributed by atoms with E-state index in [2.05, 4.69) is 4.72 Å². The lowest BCUT2D eigenvalue weighted by Gasteiger charge is -2.10. The van der Waals surface area contributed by atoms with Gasteiger partial charge in [0.1, 0.15) is 11.8 Å². The van der Waals surface area contributed by atoms with Crippen LogP contribution in [0.5, 0.6) is 5.75 Å². The number of furan rings is 1. The molecule has 1 aromatic heterocycles. The minimum absolute atomic E-state index is 0.0448. The van der Waals surface area contributed by atoms with Crippen LogP contribution in [0.15, 0.2) is 70.2 Å². The third-order valence-corrected chi connectivity index (χ3v) is 4.75. The largest absolute Gasteiger partial charge is 0.506 e. The minimum Gasteiger partial charge on any atom is -0.506 e. The van der Waals surface area contributed by atoms with Gasteiger partial charge in [0.15, 0.2) is 0 Å². The minimum atomic E-state index is -4.04. The Kier molecular flexibility index (Phi) is 4.46. The summed E-state index contributed by atoms with van der Waals surface area (Å²) in [6.07, 6.45) is 0.592. The fourth-order valence-electron chi connectivity index (χ4n) is 2.33. The summed E-state index contributed by atoms with van der Waals surface area (Å²) in [5.74, 6) is -0.310. The summed E-state index contributed by atoms with van der Waals surface area (Å²) in [6, 6.07) is 18.6. The molecule has 0 aliphatic rings. The summed E-state index contributed by atoms with van der Waals surface area (Å²) in [4.78, 5) is 0. The Morgan fingerprint density at radius 3 is 2.48 bits per heavy atom. The summed E-state index contributed by atoms with van der Waals surface area (Å²) >= 11 is 0. The van der Waals surface area contributed by atoms with Gasteiger partial charge in [0.2, 0.25) is 10.9 Å². The van der Waals surface area contributed by atoms with E-state index in [0.717, 1.165) is 11.1 Å². The molecule has 0 saturated heterocycles. The van der Waals surface area contributed by atoms with Crippen LogP contribution < -0.4 is 4.72 Å². The number of nitriles is 1. The first-order valence-electron chi connectivity index (χ1n) is 7.36. The van der Waals surface area contributed by atoms with Gasteiger partial charge < -0.3 is 9.52 Å². The first-order chi connectivity index (χ1) is 12.0. The first kappa shape index (κ1) is 16.6. The average Bonchev–Trinajstić information content (AvgIpc) is 3.09. The predicted octanol–water partition coefficient (Wildman–Crippen LogP) is 3.25. The van der Waals surface area contributed by atoms with Crippen molar-refractivity contribution in [2.24, 2.45) is 0 Å². The van der Waals surface area contributed by atoms with Crippen molar-refractivity contribution in [2.75, 3.05) is 4.72 Å². The van der Waals surface area contributed by atoms with Crippen LogP contribution in [0.3, 0.4) is 0 Å². The third-order valence-electron chi connectivity index (χ3n) is 3.51. The van der Waals surface area contributed by atoms with E-state index in [1.54, 1.807) is 18.2 Å². The second-order valence-corrected chi connectivity index (χ2v) is 6.96. The molecular weight excluding hydrogens is 340 g/mol. The standard InChI is InChI=1S/C18H14N2O4S/c19-12-15-7-9-18(24-15)25(22,23)20-16-11-14(6-8-17(16)21)10-13-4-2-1-3-5-13/h1-9,11,20-21H,10H2. The fraction of sp³-hybridized carbons (Fsp3) is 0.0556. The molecule has 2 aromatic carbocycles. The second-order valence-electron chi connectivity index (χ2n) is 5.35. The molecular formula is C18H14N2O4S. The molecule has 7 heteroatoms. The van der Waals surface area contributed by atoms with Crippen molar-refractivity contribution < 1.29 is 17.9 Å². The Bertz CT molecular complexity index is 1030. The van der Waals surface area contributed by atoms with Crippen LogP contribution in [0.25, 0.3) is 0 Å². The Labute approximate surface area is 145 Å². The van der Waals surface area contributed by atoms with Gasteiger partial charge in [0, 0.05) is 0 Å². The third kappa shape index (κ3) is 3.82. The van der Waals surface area contributed by atoms with Crippen LogP contribution in [-0.4, -0.2) is 13.5 Å². The molecule has 1 heterocycles. The molecule has 0 aliphatic carbocycles. The zero-order chi connectivity index (χ0) is 17.9. The van der Waals surface area contributed by atoms with Gasteiger partial charge in [-0.3, -0.25) is 4.72 Å². The number of anilines is 1. The zero-order valence-electron chi connectivity index (χ0n) is 13.0. The molecule has 0 bridgehead atoms. The maximum Gasteiger partial charge on any atom is 0.295 e. The lowest BCUT2D eigenvalue weighted by molar-refractivity contribution is 0.442. The van der Waals surface area contributed by atoms with Crippen LogP contribution in [0.4, 0.5) is 5.69 Å². The Hall–Kier alpha value is -3.24. The molecule has 6 nitrogen and oxygen atoms in total. The zero-order valence-corrected chi connectivity index (χ0v) is 13.8. The van der Waals surface area contributed by atoms with E-state index in [1.165, 1.54) is 18.2 Å². The van der Waals surface area contributed by atoms with Crippen molar-refractivity contribution in [2.45, 2.75) is 11.5 Å². The highest BCUT2D eigenvalue weighted by Gasteiger charge is 2.20. The number of phenols is 1. The van der Waals surface area contributed by atoms with E-state index in [-0.39, 0.29) is 17.2 Å². The van der Waals surface area contributed by atoms with E-state index >= 15 is 0 Å². The highest BCUT2D eigenvalue weighted by molar-refractivity contribution is 7.92. The van der Waals surface area contributed by atoms with E-state index in [0.29, 0.717) is 6.42 Å². The Balaban J connectivity index is 1.87. The number of hydrogen-bond acceptors (Lipinski definition) is 5. The molecule has 0 radical (unpaired) electrons. The van der Waals surface area contributed by atoms with Crippen LogP contribution in [0.2, 0.25) is 0 Å². The molecule has 3 aromatic rings. The smallest absolute Gasteiger partial charge is 0.295 e. The highest BCUT2D eigenvalue weighted by atomic mass is 32.2. The first-order valence-corrected chi connectivity index (χ1v) is 8.85. The van der Waals surface area contributed by atoms with Gasteiger partial charge >= 0.3 is 0 Å². The summed E-state index contributed by atoms with van der Waals surface area (Å²) in [5.41, 5.74) is 1.94. The second kappa shape index (κ2) is 6.71. The average molecular weight is 354 g/mol. The maximum absolute atomic E-state index is 12.3. The summed E-state index contributed by atoms with van der Waals surface area (Å²) in [5, 5.41) is 18.3. The van der Waals surface area contributed by atoms with Crippen molar-refractivity contribution in [1.29, 1.82) is 5.26 Å². The number of aromatic hydroxyl groups is 1. The lowest BCUT2D eigenvalue weighted by Crippen LogP contribution is -2.12. The van der Waals surface area contributed by atoms with E-state index in [9.17, 15) is 13.5 Å². The molecule has 0 spiro atoms. The van der Waals surface area contributed by atoms with Gasteiger partial charge in [0.05, 0.1) is 5.69 Å². The summed E-state index contributed by atoms with van der Waals surface area (Å²) in [6.45, 7) is 0. The number of sulfonamides is 1.